The SMILES string of the molecule is CC(=O)C1C(=O)C(C(C)C)[C@@]2(C)C[C@@]3(C)Cc4c(C(C)C)cc(CCCC(C)C)c(O)c4C(=O)C3C(=O)[C@@]2(O)C1=O. The van der Waals surface area contributed by atoms with Crippen molar-refractivity contribution in [2.24, 2.45) is 40.4 Å². The molecule has 41 heavy (non-hydrogen) atoms. The van der Waals surface area contributed by atoms with Crippen LogP contribution in [-0.2, 0) is 32.0 Å². The molecular weight excluding hydrogens is 520 g/mol. The number of aryl methyl sites for hydroxylation is 1. The van der Waals surface area contributed by atoms with Gasteiger partial charge >= 0.3 is 0 Å². The number of phenolic OH excluding ortho intramolecular Hbond substituents is 1. The molecule has 7 heteroatoms. The minimum absolute atomic E-state index is 0.0468. The first-order valence-electron chi connectivity index (χ1n) is 15.1. The van der Waals surface area contributed by atoms with E-state index in [1.54, 1.807) is 20.8 Å². The van der Waals surface area contributed by atoms with Crippen LogP contribution in [0.25, 0.3) is 0 Å². The first kappa shape index (κ1) is 31.3. The fourth-order valence-electron chi connectivity index (χ4n) is 8.70. The summed E-state index contributed by atoms with van der Waals surface area (Å²) in [5.74, 6) is -7.95. The van der Waals surface area contributed by atoms with E-state index in [-0.39, 0.29) is 36.0 Å². The topological polar surface area (TPSA) is 126 Å². The number of hydrogen-bond donors (Lipinski definition) is 2. The van der Waals surface area contributed by atoms with Gasteiger partial charge in [-0.2, -0.15) is 0 Å². The standard InChI is InChI=1S/C34H46O7/c1-16(2)11-10-12-20-13-21(17(3)4)22-14-32(8)15-33(9)25(18(5)6)28(37)23(19(7)35)30(39)34(33,41)31(40)26(32)29(38)24(22)27(20)36/h13,16-18,23,25-26,36,41H,10-12,14-15H2,1-9H3/t23?,25?,26?,32-,33-,34+/m1/s1. The number of benzene rings is 1. The van der Waals surface area contributed by atoms with Crippen LogP contribution < -0.4 is 0 Å². The van der Waals surface area contributed by atoms with Gasteiger partial charge in [0.25, 0.3) is 0 Å². The van der Waals surface area contributed by atoms with Gasteiger partial charge in [-0.3, -0.25) is 24.0 Å². The van der Waals surface area contributed by atoms with Crippen LogP contribution in [0.3, 0.4) is 0 Å². The fourth-order valence-corrected chi connectivity index (χ4v) is 8.70. The van der Waals surface area contributed by atoms with E-state index in [9.17, 15) is 34.2 Å². The van der Waals surface area contributed by atoms with Crippen molar-refractivity contribution in [3.05, 3.63) is 28.3 Å². The Bertz CT molecular complexity index is 1340. The molecule has 3 aliphatic rings. The number of phenols is 1. The van der Waals surface area contributed by atoms with Crippen molar-refractivity contribution >= 4 is 28.9 Å². The van der Waals surface area contributed by atoms with Crippen molar-refractivity contribution in [3.8, 4) is 5.75 Å². The molecule has 2 fully saturated rings. The Kier molecular flexibility index (Phi) is 7.82. The summed E-state index contributed by atoms with van der Waals surface area (Å²) in [5.41, 5.74) is -2.76. The maximum atomic E-state index is 14.5. The van der Waals surface area contributed by atoms with Gasteiger partial charge in [-0.25, -0.2) is 0 Å². The Hall–Kier alpha value is -2.67. The van der Waals surface area contributed by atoms with Crippen LogP contribution >= 0.6 is 0 Å². The molecule has 2 N–H and O–H groups in total. The molecule has 2 saturated carbocycles. The third-order valence-corrected chi connectivity index (χ3v) is 10.3. The Labute approximate surface area is 243 Å². The zero-order valence-electron chi connectivity index (χ0n) is 26.0. The van der Waals surface area contributed by atoms with Crippen LogP contribution in [0.4, 0.5) is 0 Å². The number of fused-ring (bicyclic) bond motifs is 3. The first-order valence-corrected chi connectivity index (χ1v) is 15.1. The number of ketones is 5. The van der Waals surface area contributed by atoms with Crippen LogP contribution in [0.2, 0.25) is 0 Å². The van der Waals surface area contributed by atoms with Gasteiger partial charge in [0.2, 0.25) is 0 Å². The summed E-state index contributed by atoms with van der Waals surface area (Å²) >= 11 is 0. The van der Waals surface area contributed by atoms with Crippen LogP contribution in [-0.4, -0.2) is 44.7 Å². The van der Waals surface area contributed by atoms with Gasteiger partial charge in [-0.15, -0.1) is 0 Å². The third-order valence-electron chi connectivity index (χ3n) is 10.3. The Morgan fingerprint density at radius 1 is 1.02 bits per heavy atom. The van der Waals surface area contributed by atoms with E-state index in [0.29, 0.717) is 23.5 Å². The molecule has 1 aromatic carbocycles. The van der Waals surface area contributed by atoms with Gasteiger partial charge in [0.1, 0.15) is 17.5 Å². The van der Waals surface area contributed by atoms with Gasteiger partial charge < -0.3 is 10.2 Å². The lowest BCUT2D eigenvalue weighted by molar-refractivity contribution is -0.205. The van der Waals surface area contributed by atoms with E-state index in [2.05, 4.69) is 13.8 Å². The zero-order chi connectivity index (χ0) is 31.0. The molecule has 0 heterocycles. The summed E-state index contributed by atoms with van der Waals surface area (Å²) in [6.45, 7) is 16.4. The Balaban J connectivity index is 1.94. The van der Waals surface area contributed by atoms with Crippen LogP contribution in [0.1, 0.15) is 115 Å². The molecule has 0 saturated heterocycles. The fraction of sp³-hybridized carbons (Fsp3) is 0.676. The average molecular weight is 567 g/mol. The highest BCUT2D eigenvalue weighted by atomic mass is 16.3. The van der Waals surface area contributed by atoms with E-state index in [4.69, 9.17) is 0 Å². The molecule has 0 aliphatic heterocycles. The highest BCUT2D eigenvalue weighted by molar-refractivity contribution is 6.32. The predicted molar refractivity (Wildman–Crippen MR) is 155 cm³/mol. The summed E-state index contributed by atoms with van der Waals surface area (Å²) in [5, 5.41) is 23.6. The van der Waals surface area contributed by atoms with Crippen molar-refractivity contribution in [2.45, 2.75) is 106 Å². The second kappa shape index (κ2) is 10.3. The number of Topliss-reactive ketones (excluding diaryl/α,β-unsaturated/α-hetero) is 5. The van der Waals surface area contributed by atoms with Crippen molar-refractivity contribution < 1.29 is 34.2 Å². The largest absolute Gasteiger partial charge is 0.507 e. The lowest BCUT2D eigenvalue weighted by atomic mass is 9.39. The smallest absolute Gasteiger partial charge is 0.190 e. The summed E-state index contributed by atoms with van der Waals surface area (Å²) < 4.78 is 0. The van der Waals surface area contributed by atoms with Crippen molar-refractivity contribution in [3.63, 3.8) is 0 Å². The summed E-state index contributed by atoms with van der Waals surface area (Å²) in [4.78, 5) is 68.8. The molecule has 6 atom stereocenters. The quantitative estimate of drug-likeness (QED) is 0.435. The van der Waals surface area contributed by atoms with E-state index in [1.165, 1.54) is 0 Å². The average Bonchev–Trinajstić information content (AvgIpc) is 2.81. The molecule has 0 radical (unpaired) electrons. The minimum Gasteiger partial charge on any atom is -0.507 e. The van der Waals surface area contributed by atoms with E-state index in [0.717, 1.165) is 25.3 Å². The lowest BCUT2D eigenvalue weighted by Crippen LogP contribution is -2.76. The van der Waals surface area contributed by atoms with E-state index >= 15 is 0 Å². The highest BCUT2D eigenvalue weighted by Gasteiger charge is 2.76. The normalized spacial score (nSPS) is 33.3. The minimum atomic E-state index is -2.67. The molecule has 0 spiro atoms. The second-order valence-electron chi connectivity index (χ2n) is 14.6. The second-order valence-corrected chi connectivity index (χ2v) is 14.6. The number of carbonyl (C=O) groups is 5. The predicted octanol–water partition coefficient (Wildman–Crippen LogP) is 5.20. The van der Waals surface area contributed by atoms with Crippen LogP contribution in [0.15, 0.2) is 6.07 Å². The molecule has 224 valence electrons. The molecule has 0 bridgehead atoms. The number of hydrogen-bond acceptors (Lipinski definition) is 7. The molecule has 0 amide bonds. The number of aliphatic hydroxyl groups is 1. The van der Waals surface area contributed by atoms with Gasteiger partial charge in [0.15, 0.2) is 28.7 Å². The number of carbonyl (C=O) groups excluding carboxylic acids is 5. The summed E-state index contributed by atoms with van der Waals surface area (Å²) in [6, 6.07) is 1.99. The summed E-state index contributed by atoms with van der Waals surface area (Å²) in [7, 11) is 0. The van der Waals surface area contributed by atoms with Gasteiger partial charge in [0, 0.05) is 11.3 Å². The first-order chi connectivity index (χ1) is 18.8. The zero-order valence-corrected chi connectivity index (χ0v) is 26.0. The van der Waals surface area contributed by atoms with Gasteiger partial charge in [-0.05, 0) is 72.5 Å². The highest BCUT2D eigenvalue weighted by Crippen LogP contribution is 2.64. The van der Waals surface area contributed by atoms with Crippen LogP contribution in [0, 0.1) is 40.4 Å². The van der Waals surface area contributed by atoms with Gasteiger partial charge in [-0.1, -0.05) is 67.9 Å². The number of rotatable bonds is 7. The molecular formula is C34H46O7. The van der Waals surface area contributed by atoms with Crippen molar-refractivity contribution in [2.75, 3.05) is 0 Å². The third kappa shape index (κ3) is 4.36. The number of aromatic hydroxyl groups is 1. The molecule has 7 nitrogen and oxygen atoms in total. The Morgan fingerprint density at radius 2 is 1.63 bits per heavy atom. The molecule has 1 aromatic rings. The lowest BCUT2D eigenvalue weighted by Gasteiger charge is -2.62. The van der Waals surface area contributed by atoms with E-state index in [1.807, 2.05) is 26.8 Å². The van der Waals surface area contributed by atoms with Gasteiger partial charge in [0.05, 0.1) is 11.5 Å². The molecule has 0 aromatic heterocycles. The van der Waals surface area contributed by atoms with Crippen molar-refractivity contribution in [1.29, 1.82) is 0 Å². The maximum absolute atomic E-state index is 14.5. The maximum Gasteiger partial charge on any atom is 0.190 e. The molecule has 3 aliphatic carbocycles. The monoisotopic (exact) mass is 566 g/mol. The molecule has 3 unspecified atom stereocenters. The van der Waals surface area contributed by atoms with Crippen LogP contribution in [0.5, 0.6) is 5.75 Å². The summed E-state index contributed by atoms with van der Waals surface area (Å²) in [6.07, 6.45) is 2.73. The van der Waals surface area contributed by atoms with Crippen molar-refractivity contribution in [1.82, 2.24) is 0 Å². The Morgan fingerprint density at radius 3 is 2.15 bits per heavy atom. The molecule has 4 rings (SSSR count). The van der Waals surface area contributed by atoms with E-state index < -0.39 is 63.1 Å².